The van der Waals surface area contributed by atoms with Gasteiger partial charge < -0.3 is 9.47 Å². The van der Waals surface area contributed by atoms with Gasteiger partial charge in [-0.3, -0.25) is 9.36 Å². The lowest BCUT2D eigenvalue weighted by atomic mass is 9.96. The molecule has 3 heterocycles. The average Bonchev–Trinajstić information content (AvgIpc) is 3.57. The lowest BCUT2D eigenvalue weighted by molar-refractivity contribution is -0.143. The minimum Gasteiger partial charge on any atom is -0.497 e. The number of thiazole rings is 1. The van der Waals surface area contributed by atoms with Crippen LogP contribution in [0.2, 0.25) is 0 Å². The predicted octanol–water partition coefficient (Wildman–Crippen LogP) is 5.19. The molecule has 0 fully saturated rings. The molecule has 0 saturated heterocycles. The molecule has 1 atom stereocenters. The molecule has 6 rings (SSSR count). The monoisotopic (exact) mass is 608 g/mol. The standard InChI is InChI=1S/C34H29FN4O4S/c1-20(2)43-33(41)29-21(3)36-34-39(31(29)23-12-16-27(42-4)17-13-23)32(40)28(44-34)18-24-19-38(26-8-6-5-7-9-26)37-30(24)22-10-14-25(35)15-11-22/h5-20,31H,1-4H3/b28-18+/t31-/m1/s1. The number of para-hydroxylation sites is 1. The van der Waals surface area contributed by atoms with Crippen molar-refractivity contribution in [3.63, 3.8) is 0 Å². The zero-order chi connectivity index (χ0) is 31.0. The molecule has 0 unspecified atom stereocenters. The summed E-state index contributed by atoms with van der Waals surface area (Å²) in [5.74, 6) is -0.234. The second-order valence-corrected chi connectivity index (χ2v) is 11.5. The highest BCUT2D eigenvalue weighted by Crippen LogP contribution is 2.32. The van der Waals surface area contributed by atoms with Crippen LogP contribution in [0.1, 0.15) is 37.9 Å². The summed E-state index contributed by atoms with van der Waals surface area (Å²) in [5, 5.41) is 4.80. The van der Waals surface area contributed by atoms with Gasteiger partial charge in [0, 0.05) is 17.3 Å². The maximum atomic E-state index is 14.2. The molecule has 0 spiro atoms. The van der Waals surface area contributed by atoms with E-state index < -0.39 is 12.0 Å². The van der Waals surface area contributed by atoms with Gasteiger partial charge in [0.2, 0.25) is 0 Å². The highest BCUT2D eigenvalue weighted by molar-refractivity contribution is 7.07. The topological polar surface area (TPSA) is 87.7 Å². The molecule has 5 aromatic rings. The van der Waals surface area contributed by atoms with Crippen molar-refractivity contribution in [2.24, 2.45) is 4.99 Å². The fraction of sp³-hybridized carbons (Fsp3) is 0.176. The van der Waals surface area contributed by atoms with Crippen LogP contribution >= 0.6 is 11.3 Å². The molecule has 0 saturated carbocycles. The number of hydrogen-bond acceptors (Lipinski definition) is 7. The number of ether oxygens (including phenoxy) is 2. The minimum atomic E-state index is -0.755. The van der Waals surface area contributed by atoms with Crippen LogP contribution in [-0.2, 0) is 9.53 Å². The smallest absolute Gasteiger partial charge is 0.338 e. The molecule has 0 N–H and O–H groups in total. The van der Waals surface area contributed by atoms with Crippen molar-refractivity contribution in [2.75, 3.05) is 7.11 Å². The second-order valence-electron chi connectivity index (χ2n) is 10.5. The highest BCUT2D eigenvalue weighted by atomic mass is 32.1. The van der Waals surface area contributed by atoms with Gasteiger partial charge in [-0.2, -0.15) is 5.10 Å². The van der Waals surface area contributed by atoms with Crippen molar-refractivity contribution in [2.45, 2.75) is 32.9 Å². The van der Waals surface area contributed by atoms with Crippen LogP contribution in [0.15, 0.2) is 106 Å². The fourth-order valence-electron chi connectivity index (χ4n) is 5.14. The van der Waals surface area contributed by atoms with E-state index in [9.17, 15) is 14.0 Å². The molecule has 2 aromatic heterocycles. The van der Waals surface area contributed by atoms with Gasteiger partial charge in [-0.15, -0.1) is 0 Å². The summed E-state index contributed by atoms with van der Waals surface area (Å²) in [5.41, 5.74) is 3.97. The van der Waals surface area contributed by atoms with Crippen LogP contribution < -0.4 is 19.6 Å². The Morgan fingerprint density at radius 3 is 2.39 bits per heavy atom. The number of nitrogens with zero attached hydrogens (tertiary/aromatic N) is 4. The zero-order valence-corrected chi connectivity index (χ0v) is 25.3. The first kappa shape index (κ1) is 29.0. The summed E-state index contributed by atoms with van der Waals surface area (Å²) in [6, 6.07) is 22.2. The molecule has 44 heavy (non-hydrogen) atoms. The number of fused-ring (bicyclic) bond motifs is 1. The van der Waals surface area contributed by atoms with Gasteiger partial charge in [-0.05, 0) is 80.9 Å². The number of hydrogen-bond donors (Lipinski definition) is 0. The van der Waals surface area contributed by atoms with Gasteiger partial charge in [0.25, 0.3) is 5.56 Å². The molecule has 8 nitrogen and oxygen atoms in total. The van der Waals surface area contributed by atoms with E-state index in [0.717, 1.165) is 5.69 Å². The lowest BCUT2D eigenvalue weighted by Gasteiger charge is -2.25. The van der Waals surface area contributed by atoms with Crippen molar-refractivity contribution < 1.29 is 18.7 Å². The molecular weight excluding hydrogens is 579 g/mol. The molecule has 222 valence electrons. The van der Waals surface area contributed by atoms with E-state index in [2.05, 4.69) is 4.99 Å². The third-order valence-electron chi connectivity index (χ3n) is 7.18. The Morgan fingerprint density at radius 2 is 1.73 bits per heavy atom. The third-order valence-corrected chi connectivity index (χ3v) is 8.17. The number of aromatic nitrogens is 3. The lowest BCUT2D eigenvalue weighted by Crippen LogP contribution is -2.40. The van der Waals surface area contributed by atoms with Crippen LogP contribution in [-0.4, -0.2) is 33.5 Å². The predicted molar refractivity (Wildman–Crippen MR) is 167 cm³/mol. The summed E-state index contributed by atoms with van der Waals surface area (Å²) in [4.78, 5) is 32.7. The van der Waals surface area contributed by atoms with Crippen molar-refractivity contribution >= 4 is 23.4 Å². The summed E-state index contributed by atoms with van der Waals surface area (Å²) < 4.78 is 28.4. The Labute approximate surface area is 256 Å². The second kappa shape index (κ2) is 11.9. The Morgan fingerprint density at radius 1 is 1.02 bits per heavy atom. The number of halogens is 1. The van der Waals surface area contributed by atoms with E-state index in [1.807, 2.05) is 48.7 Å². The Bertz CT molecular complexity index is 2060. The molecule has 1 aliphatic heterocycles. The van der Waals surface area contributed by atoms with Gasteiger partial charge in [0.1, 0.15) is 17.3 Å². The summed E-state index contributed by atoms with van der Waals surface area (Å²) in [6.45, 7) is 5.31. The molecule has 0 radical (unpaired) electrons. The Kier molecular flexibility index (Phi) is 7.84. The van der Waals surface area contributed by atoms with Crippen LogP contribution in [0.25, 0.3) is 23.0 Å². The first-order valence-corrected chi connectivity index (χ1v) is 14.8. The normalized spacial score (nSPS) is 14.9. The zero-order valence-electron chi connectivity index (χ0n) is 24.5. The van der Waals surface area contributed by atoms with Crippen molar-refractivity contribution in [3.05, 3.63) is 133 Å². The van der Waals surface area contributed by atoms with Crippen molar-refractivity contribution in [1.29, 1.82) is 0 Å². The highest BCUT2D eigenvalue weighted by Gasteiger charge is 2.34. The summed E-state index contributed by atoms with van der Waals surface area (Å²) in [6.07, 6.45) is 3.25. The number of carbonyl (C=O) groups excluding carboxylic acids is 1. The fourth-order valence-corrected chi connectivity index (χ4v) is 6.18. The Balaban J connectivity index is 1.55. The molecule has 1 aliphatic rings. The van der Waals surface area contributed by atoms with Crippen molar-refractivity contribution in [3.8, 4) is 22.7 Å². The van der Waals surface area contributed by atoms with Crippen molar-refractivity contribution in [1.82, 2.24) is 14.3 Å². The maximum absolute atomic E-state index is 14.2. The number of rotatable bonds is 7. The molecular formula is C34H29FN4O4S. The Hall–Kier alpha value is -5.09. The van der Waals surface area contributed by atoms with Gasteiger partial charge >= 0.3 is 5.97 Å². The van der Waals surface area contributed by atoms with Crippen LogP contribution in [0.3, 0.4) is 0 Å². The number of methoxy groups -OCH3 is 1. The van der Waals surface area contributed by atoms with E-state index in [4.69, 9.17) is 14.6 Å². The quantitative estimate of drug-likeness (QED) is 0.238. The van der Waals surface area contributed by atoms with Gasteiger partial charge in [-0.25, -0.2) is 18.9 Å². The average molecular weight is 609 g/mol. The molecule has 0 bridgehead atoms. The van der Waals surface area contributed by atoms with Gasteiger partial charge in [-0.1, -0.05) is 41.7 Å². The third kappa shape index (κ3) is 5.51. The van der Waals surface area contributed by atoms with E-state index in [-0.39, 0.29) is 17.5 Å². The maximum Gasteiger partial charge on any atom is 0.338 e. The molecule has 0 amide bonds. The van der Waals surface area contributed by atoms with E-state index in [0.29, 0.717) is 48.7 Å². The summed E-state index contributed by atoms with van der Waals surface area (Å²) >= 11 is 1.23. The first-order chi connectivity index (χ1) is 21.2. The molecule has 0 aliphatic carbocycles. The van der Waals surface area contributed by atoms with E-state index in [1.165, 1.54) is 23.5 Å². The van der Waals surface area contributed by atoms with Crippen LogP contribution in [0.5, 0.6) is 5.75 Å². The van der Waals surface area contributed by atoms with Gasteiger partial charge in [0.15, 0.2) is 4.80 Å². The minimum absolute atomic E-state index is 0.298. The van der Waals surface area contributed by atoms with E-state index in [1.54, 1.807) is 67.5 Å². The number of esters is 1. The SMILES string of the molecule is COc1ccc([C@@H]2C(C(=O)OC(C)C)=C(C)N=c3s/c(=C/c4cn(-c5ccccc5)nc4-c4ccc(F)cc4)c(=O)n32)cc1. The van der Waals surface area contributed by atoms with Gasteiger partial charge in [0.05, 0.1) is 40.7 Å². The first-order valence-electron chi connectivity index (χ1n) is 14.0. The summed E-state index contributed by atoms with van der Waals surface area (Å²) in [7, 11) is 1.58. The molecule has 3 aromatic carbocycles. The largest absolute Gasteiger partial charge is 0.497 e. The van der Waals surface area contributed by atoms with E-state index >= 15 is 0 Å². The molecule has 10 heteroatoms. The van der Waals surface area contributed by atoms with Crippen LogP contribution in [0, 0.1) is 5.82 Å². The number of benzene rings is 3. The van der Waals surface area contributed by atoms with Crippen LogP contribution in [0.4, 0.5) is 4.39 Å². The number of allylic oxidation sites excluding steroid dienone is 1. The number of carbonyl (C=O) groups is 1.